The van der Waals surface area contributed by atoms with Crippen LogP contribution in [0.15, 0.2) is 48.5 Å². The lowest BCUT2D eigenvalue weighted by Gasteiger charge is -2.08. The molecule has 0 amide bonds. The fourth-order valence-corrected chi connectivity index (χ4v) is 1.64. The Labute approximate surface area is 99.1 Å². The molecule has 0 fully saturated rings. The Bertz CT molecular complexity index is 463. The summed E-state index contributed by atoms with van der Waals surface area (Å²) in [7, 11) is 0. The normalized spacial score (nSPS) is 10.2. The third-order valence-electron chi connectivity index (χ3n) is 2.52. The molecule has 2 rings (SSSR count). The quantitative estimate of drug-likeness (QED) is 0.850. The molecule has 0 aliphatic rings. The Balaban J connectivity index is 1.95. The van der Waals surface area contributed by atoms with Gasteiger partial charge in [0.25, 0.3) is 0 Å². The van der Waals surface area contributed by atoms with Crippen LogP contribution in [0.3, 0.4) is 0 Å². The van der Waals surface area contributed by atoms with Crippen molar-refractivity contribution in [2.75, 3.05) is 11.9 Å². The van der Waals surface area contributed by atoms with E-state index in [2.05, 4.69) is 5.32 Å². The van der Waals surface area contributed by atoms with E-state index < -0.39 is 11.6 Å². The average molecular weight is 233 g/mol. The molecule has 0 bridgehead atoms. The topological polar surface area (TPSA) is 12.0 Å². The van der Waals surface area contributed by atoms with Gasteiger partial charge in [0, 0.05) is 6.54 Å². The van der Waals surface area contributed by atoms with E-state index in [4.69, 9.17) is 0 Å². The second-order valence-corrected chi connectivity index (χ2v) is 3.76. The van der Waals surface area contributed by atoms with Gasteiger partial charge in [0.2, 0.25) is 0 Å². The first kappa shape index (κ1) is 11.6. The predicted octanol–water partition coefficient (Wildman–Crippen LogP) is 3.62. The van der Waals surface area contributed by atoms with E-state index in [-0.39, 0.29) is 5.69 Å². The van der Waals surface area contributed by atoms with Gasteiger partial charge >= 0.3 is 0 Å². The van der Waals surface area contributed by atoms with E-state index in [1.54, 1.807) is 0 Å². The fourth-order valence-electron chi connectivity index (χ4n) is 1.64. The summed E-state index contributed by atoms with van der Waals surface area (Å²) in [4.78, 5) is 0. The molecule has 3 heteroatoms. The second-order valence-electron chi connectivity index (χ2n) is 3.76. The van der Waals surface area contributed by atoms with Gasteiger partial charge in [-0.05, 0) is 24.1 Å². The molecule has 0 aromatic heterocycles. The average Bonchev–Trinajstić information content (AvgIpc) is 2.34. The summed E-state index contributed by atoms with van der Waals surface area (Å²) in [6, 6.07) is 13.6. The largest absolute Gasteiger partial charge is 0.380 e. The van der Waals surface area contributed by atoms with Gasteiger partial charge < -0.3 is 5.32 Å². The Morgan fingerprint density at radius 1 is 0.824 bits per heavy atom. The summed E-state index contributed by atoms with van der Waals surface area (Å²) in [6.45, 7) is 0.502. The highest BCUT2D eigenvalue weighted by atomic mass is 19.1. The summed E-state index contributed by atoms with van der Waals surface area (Å²) in [5.74, 6) is -1.11. The van der Waals surface area contributed by atoms with Crippen LogP contribution >= 0.6 is 0 Å². The van der Waals surface area contributed by atoms with Crippen molar-refractivity contribution in [2.45, 2.75) is 6.42 Å². The molecule has 17 heavy (non-hydrogen) atoms. The zero-order valence-electron chi connectivity index (χ0n) is 9.29. The Hall–Kier alpha value is -1.90. The maximum atomic E-state index is 13.3. The van der Waals surface area contributed by atoms with E-state index in [1.807, 2.05) is 30.3 Å². The summed E-state index contributed by atoms with van der Waals surface area (Å²) < 4.78 is 26.5. The first-order chi connectivity index (χ1) is 8.27. The van der Waals surface area contributed by atoms with Gasteiger partial charge in [-0.1, -0.05) is 36.4 Å². The van der Waals surface area contributed by atoms with Crippen molar-refractivity contribution >= 4 is 5.69 Å². The van der Waals surface area contributed by atoms with Crippen LogP contribution in [-0.2, 0) is 6.42 Å². The minimum absolute atomic E-state index is 0.0524. The highest BCUT2D eigenvalue weighted by Crippen LogP contribution is 2.17. The lowest BCUT2D eigenvalue weighted by molar-refractivity contribution is 0.588. The van der Waals surface area contributed by atoms with Gasteiger partial charge in [-0.15, -0.1) is 0 Å². The molecule has 0 radical (unpaired) electrons. The van der Waals surface area contributed by atoms with Crippen LogP contribution in [0.2, 0.25) is 0 Å². The molecule has 0 spiro atoms. The number of benzene rings is 2. The highest BCUT2D eigenvalue weighted by molar-refractivity contribution is 5.46. The van der Waals surface area contributed by atoms with Crippen molar-refractivity contribution in [3.8, 4) is 0 Å². The second kappa shape index (κ2) is 5.43. The van der Waals surface area contributed by atoms with Crippen molar-refractivity contribution in [1.29, 1.82) is 0 Å². The van der Waals surface area contributed by atoms with Crippen LogP contribution < -0.4 is 5.32 Å². The SMILES string of the molecule is Fc1cccc(F)c1NCCc1ccccc1. The predicted molar refractivity (Wildman–Crippen MR) is 65.0 cm³/mol. The first-order valence-corrected chi connectivity index (χ1v) is 5.49. The van der Waals surface area contributed by atoms with Crippen molar-refractivity contribution in [3.63, 3.8) is 0 Å². The summed E-state index contributed by atoms with van der Waals surface area (Å²) in [5, 5.41) is 2.78. The zero-order valence-corrected chi connectivity index (χ0v) is 9.29. The molecular weight excluding hydrogens is 220 g/mol. The van der Waals surface area contributed by atoms with E-state index in [0.29, 0.717) is 6.54 Å². The molecule has 0 unspecified atom stereocenters. The number of hydrogen-bond acceptors (Lipinski definition) is 1. The number of para-hydroxylation sites is 1. The van der Waals surface area contributed by atoms with Gasteiger partial charge in [0.05, 0.1) is 0 Å². The van der Waals surface area contributed by atoms with Gasteiger partial charge in [-0.25, -0.2) is 8.78 Å². The first-order valence-electron chi connectivity index (χ1n) is 5.49. The minimum atomic E-state index is -0.557. The molecule has 1 N–H and O–H groups in total. The highest BCUT2D eigenvalue weighted by Gasteiger charge is 2.06. The summed E-state index contributed by atoms with van der Waals surface area (Å²) >= 11 is 0. The molecule has 0 aliphatic carbocycles. The zero-order chi connectivity index (χ0) is 12.1. The summed E-state index contributed by atoms with van der Waals surface area (Å²) in [5.41, 5.74) is 1.08. The van der Waals surface area contributed by atoms with Crippen LogP contribution in [0.5, 0.6) is 0 Å². The Morgan fingerprint density at radius 3 is 2.12 bits per heavy atom. The Kier molecular flexibility index (Phi) is 3.70. The minimum Gasteiger partial charge on any atom is -0.380 e. The van der Waals surface area contributed by atoms with Crippen molar-refractivity contribution < 1.29 is 8.78 Å². The maximum Gasteiger partial charge on any atom is 0.149 e. The number of hydrogen-bond donors (Lipinski definition) is 1. The lowest BCUT2D eigenvalue weighted by atomic mass is 10.1. The van der Waals surface area contributed by atoms with Gasteiger partial charge in [0.15, 0.2) is 0 Å². The molecule has 0 atom stereocenters. The molecule has 0 saturated heterocycles. The summed E-state index contributed by atoms with van der Waals surface area (Å²) in [6.07, 6.45) is 0.731. The van der Waals surface area contributed by atoms with Gasteiger partial charge in [-0.2, -0.15) is 0 Å². The van der Waals surface area contributed by atoms with E-state index >= 15 is 0 Å². The van der Waals surface area contributed by atoms with Crippen LogP contribution in [0.4, 0.5) is 14.5 Å². The molecule has 0 saturated carbocycles. The third kappa shape index (κ3) is 3.03. The van der Waals surface area contributed by atoms with E-state index in [1.165, 1.54) is 18.2 Å². The smallest absolute Gasteiger partial charge is 0.149 e. The van der Waals surface area contributed by atoms with Crippen LogP contribution in [0.1, 0.15) is 5.56 Å². The van der Waals surface area contributed by atoms with E-state index in [0.717, 1.165) is 12.0 Å². The molecule has 0 aliphatic heterocycles. The molecule has 88 valence electrons. The molecule has 0 heterocycles. The molecule has 1 nitrogen and oxygen atoms in total. The number of rotatable bonds is 4. The van der Waals surface area contributed by atoms with Crippen molar-refractivity contribution in [3.05, 3.63) is 65.7 Å². The van der Waals surface area contributed by atoms with Crippen molar-refractivity contribution in [2.24, 2.45) is 0 Å². The molecule has 2 aromatic rings. The number of nitrogens with one attached hydrogen (secondary N) is 1. The van der Waals surface area contributed by atoms with Crippen molar-refractivity contribution in [1.82, 2.24) is 0 Å². The third-order valence-corrected chi connectivity index (χ3v) is 2.52. The lowest BCUT2D eigenvalue weighted by Crippen LogP contribution is -2.07. The van der Waals surface area contributed by atoms with Crippen LogP contribution in [0.25, 0.3) is 0 Å². The van der Waals surface area contributed by atoms with Crippen LogP contribution in [0, 0.1) is 11.6 Å². The molecular formula is C14H13F2N. The van der Waals surface area contributed by atoms with Gasteiger partial charge in [0.1, 0.15) is 17.3 Å². The fraction of sp³-hybridized carbons (Fsp3) is 0.143. The Morgan fingerprint density at radius 2 is 1.47 bits per heavy atom. The number of anilines is 1. The molecule has 2 aromatic carbocycles. The maximum absolute atomic E-state index is 13.3. The standard InChI is InChI=1S/C14H13F2N/c15-12-7-4-8-13(16)14(12)17-10-9-11-5-2-1-3-6-11/h1-8,17H,9-10H2. The van der Waals surface area contributed by atoms with Gasteiger partial charge in [-0.3, -0.25) is 0 Å². The van der Waals surface area contributed by atoms with E-state index in [9.17, 15) is 8.78 Å². The monoisotopic (exact) mass is 233 g/mol. The number of halogens is 2. The van der Waals surface area contributed by atoms with Crippen LogP contribution in [-0.4, -0.2) is 6.54 Å².